The average molecular weight is 344 g/mol. The van der Waals surface area contributed by atoms with Gasteiger partial charge in [-0.2, -0.15) is 5.26 Å². The van der Waals surface area contributed by atoms with Gasteiger partial charge in [0.05, 0.1) is 5.56 Å². The van der Waals surface area contributed by atoms with Crippen LogP contribution in [0.15, 0.2) is 29.6 Å². The molecule has 2 N–H and O–H groups in total. The second-order valence-corrected chi connectivity index (χ2v) is 6.25. The number of amides is 1. The number of nitriles is 1. The molecule has 7 heteroatoms. The third-order valence-corrected chi connectivity index (χ3v) is 4.11. The minimum absolute atomic E-state index is 0.000961. The van der Waals surface area contributed by atoms with Crippen molar-refractivity contribution in [3.8, 4) is 11.8 Å². The highest BCUT2D eigenvalue weighted by Crippen LogP contribution is 2.24. The molecule has 1 amide bonds. The number of nitrogens with zero attached hydrogens (tertiary/aromatic N) is 1. The molecule has 24 heavy (non-hydrogen) atoms. The molecule has 6 nitrogen and oxygen atoms in total. The third kappa shape index (κ3) is 4.12. The number of hydrogen-bond acceptors (Lipinski definition) is 6. The van der Waals surface area contributed by atoms with Crippen LogP contribution in [-0.4, -0.2) is 23.6 Å². The van der Waals surface area contributed by atoms with E-state index in [2.05, 4.69) is 5.32 Å². The largest absolute Gasteiger partial charge is 0.507 e. The number of ether oxygens (including phenoxy) is 1. The van der Waals surface area contributed by atoms with E-state index in [0.717, 1.165) is 5.56 Å². The Hall–Kier alpha value is -2.85. The second kappa shape index (κ2) is 7.62. The summed E-state index contributed by atoms with van der Waals surface area (Å²) in [4.78, 5) is 23.8. The number of carbonyl (C=O) groups excluding carboxylic acids is 2. The van der Waals surface area contributed by atoms with Crippen LogP contribution in [0.2, 0.25) is 0 Å². The first-order chi connectivity index (χ1) is 11.4. The Bertz CT molecular complexity index is 805. The molecule has 0 unspecified atom stereocenters. The van der Waals surface area contributed by atoms with Crippen molar-refractivity contribution < 1.29 is 19.4 Å². The lowest BCUT2D eigenvalue weighted by atomic mass is 10.0. The highest BCUT2D eigenvalue weighted by atomic mass is 32.1. The van der Waals surface area contributed by atoms with Crippen LogP contribution in [-0.2, 0) is 9.53 Å². The van der Waals surface area contributed by atoms with Crippen LogP contribution in [0.4, 0.5) is 5.00 Å². The van der Waals surface area contributed by atoms with Gasteiger partial charge in [-0.05, 0) is 35.1 Å². The average Bonchev–Trinajstić information content (AvgIpc) is 2.99. The smallest absolute Gasteiger partial charge is 0.342 e. The molecule has 2 rings (SSSR count). The lowest BCUT2D eigenvalue weighted by Crippen LogP contribution is -2.20. The molecule has 1 heterocycles. The molecule has 0 bridgehead atoms. The van der Waals surface area contributed by atoms with Crippen LogP contribution < -0.4 is 5.32 Å². The van der Waals surface area contributed by atoms with Gasteiger partial charge in [-0.3, -0.25) is 4.79 Å². The highest BCUT2D eigenvalue weighted by molar-refractivity contribution is 7.14. The van der Waals surface area contributed by atoms with Crippen LogP contribution in [0, 0.1) is 11.3 Å². The first kappa shape index (κ1) is 17.5. The quantitative estimate of drug-likeness (QED) is 0.811. The van der Waals surface area contributed by atoms with Gasteiger partial charge in [0.1, 0.15) is 22.4 Å². The number of phenolic OH excluding ortho intramolecular Hbond substituents is 1. The maximum Gasteiger partial charge on any atom is 0.342 e. The van der Waals surface area contributed by atoms with Gasteiger partial charge in [0, 0.05) is 0 Å². The summed E-state index contributed by atoms with van der Waals surface area (Å²) in [5, 5.41) is 23.4. The zero-order valence-corrected chi connectivity index (χ0v) is 14.0. The van der Waals surface area contributed by atoms with Gasteiger partial charge in [0.25, 0.3) is 5.91 Å². The van der Waals surface area contributed by atoms with Gasteiger partial charge < -0.3 is 15.2 Å². The molecular formula is C17H16N2O4S. The fraction of sp³-hybridized carbons (Fsp3) is 0.235. The number of aromatic hydroxyl groups is 1. The standard InChI is InChI=1S/C17H16N2O4S/c1-10(2)11-3-4-13(14(20)7-11)17(22)23-9-15(21)19-16-12(8-18)5-6-24-16/h3-7,10,20H,9H2,1-2H3,(H,19,21). The number of thiophene rings is 1. The minimum Gasteiger partial charge on any atom is -0.507 e. The van der Waals surface area contributed by atoms with Crippen molar-refractivity contribution in [2.45, 2.75) is 19.8 Å². The lowest BCUT2D eigenvalue weighted by Gasteiger charge is -2.10. The molecule has 0 radical (unpaired) electrons. The first-order valence-electron chi connectivity index (χ1n) is 7.20. The molecule has 2 aromatic rings. The number of benzene rings is 1. The van der Waals surface area contributed by atoms with Gasteiger partial charge in [0.2, 0.25) is 0 Å². The number of hydrogen-bond donors (Lipinski definition) is 2. The van der Waals surface area contributed by atoms with Crippen molar-refractivity contribution in [1.29, 1.82) is 5.26 Å². The lowest BCUT2D eigenvalue weighted by molar-refractivity contribution is -0.119. The monoisotopic (exact) mass is 344 g/mol. The fourth-order valence-corrected chi connectivity index (χ4v) is 2.70. The Labute approximate surface area is 143 Å². The molecule has 0 aliphatic carbocycles. The Morgan fingerprint density at radius 2 is 2.12 bits per heavy atom. The van der Waals surface area contributed by atoms with Crippen LogP contribution in [0.1, 0.15) is 41.3 Å². The Balaban J connectivity index is 1.96. The van der Waals surface area contributed by atoms with Gasteiger partial charge in [-0.25, -0.2) is 4.79 Å². The molecule has 0 atom stereocenters. The van der Waals surface area contributed by atoms with E-state index in [1.54, 1.807) is 17.5 Å². The summed E-state index contributed by atoms with van der Waals surface area (Å²) in [5.41, 5.74) is 1.24. The predicted molar refractivity (Wildman–Crippen MR) is 90.1 cm³/mol. The first-order valence-corrected chi connectivity index (χ1v) is 8.07. The van der Waals surface area contributed by atoms with E-state index < -0.39 is 18.5 Å². The molecule has 1 aromatic heterocycles. The minimum atomic E-state index is -0.787. The Kier molecular flexibility index (Phi) is 5.55. The summed E-state index contributed by atoms with van der Waals surface area (Å²) in [5.74, 6) is -1.31. The maximum absolute atomic E-state index is 12.0. The van der Waals surface area contributed by atoms with Crippen LogP contribution in [0.5, 0.6) is 5.75 Å². The Morgan fingerprint density at radius 3 is 2.75 bits per heavy atom. The van der Waals surface area contributed by atoms with E-state index in [1.807, 2.05) is 19.9 Å². The highest BCUT2D eigenvalue weighted by Gasteiger charge is 2.16. The zero-order valence-electron chi connectivity index (χ0n) is 13.2. The summed E-state index contributed by atoms with van der Waals surface area (Å²) in [6.07, 6.45) is 0. The third-order valence-electron chi connectivity index (χ3n) is 3.28. The molecular weight excluding hydrogens is 328 g/mol. The molecule has 0 spiro atoms. The van der Waals surface area contributed by atoms with Crippen molar-refractivity contribution in [2.24, 2.45) is 0 Å². The summed E-state index contributed by atoms with van der Waals surface area (Å²) < 4.78 is 4.90. The second-order valence-electron chi connectivity index (χ2n) is 5.33. The summed E-state index contributed by atoms with van der Waals surface area (Å²) in [7, 11) is 0. The van der Waals surface area contributed by atoms with Crippen molar-refractivity contribution >= 4 is 28.2 Å². The van der Waals surface area contributed by atoms with E-state index in [1.165, 1.54) is 23.5 Å². The summed E-state index contributed by atoms with van der Waals surface area (Å²) >= 11 is 1.20. The van der Waals surface area contributed by atoms with Gasteiger partial charge in [0.15, 0.2) is 6.61 Å². The topological polar surface area (TPSA) is 99.4 Å². The molecule has 0 saturated carbocycles. The molecule has 124 valence electrons. The molecule has 0 aliphatic heterocycles. The van der Waals surface area contributed by atoms with Gasteiger partial charge in [-0.1, -0.05) is 19.9 Å². The van der Waals surface area contributed by atoms with Crippen molar-refractivity contribution in [3.63, 3.8) is 0 Å². The van der Waals surface area contributed by atoms with Crippen molar-refractivity contribution in [1.82, 2.24) is 0 Å². The number of anilines is 1. The maximum atomic E-state index is 12.0. The molecule has 0 saturated heterocycles. The van der Waals surface area contributed by atoms with Crippen LogP contribution >= 0.6 is 11.3 Å². The van der Waals surface area contributed by atoms with E-state index in [4.69, 9.17) is 10.00 Å². The van der Waals surface area contributed by atoms with E-state index in [0.29, 0.717) is 10.6 Å². The number of phenols is 1. The van der Waals surface area contributed by atoms with Crippen molar-refractivity contribution in [2.75, 3.05) is 11.9 Å². The van der Waals surface area contributed by atoms with E-state index >= 15 is 0 Å². The number of esters is 1. The fourth-order valence-electron chi connectivity index (χ4n) is 1.95. The predicted octanol–water partition coefficient (Wildman–Crippen LogP) is 3.24. The van der Waals surface area contributed by atoms with Gasteiger partial charge in [-0.15, -0.1) is 11.3 Å². The number of nitrogens with one attached hydrogen (secondary N) is 1. The summed E-state index contributed by atoms with van der Waals surface area (Å²) in [6, 6.07) is 8.24. The zero-order chi connectivity index (χ0) is 17.7. The van der Waals surface area contributed by atoms with Crippen LogP contribution in [0.25, 0.3) is 0 Å². The normalized spacial score (nSPS) is 10.2. The number of rotatable bonds is 5. The van der Waals surface area contributed by atoms with Crippen molar-refractivity contribution in [3.05, 3.63) is 46.3 Å². The van der Waals surface area contributed by atoms with Crippen LogP contribution in [0.3, 0.4) is 0 Å². The SMILES string of the molecule is CC(C)c1ccc(C(=O)OCC(=O)Nc2sccc2C#N)c(O)c1. The Morgan fingerprint density at radius 1 is 1.38 bits per heavy atom. The molecule has 0 fully saturated rings. The molecule has 1 aromatic carbocycles. The molecule has 0 aliphatic rings. The van der Waals surface area contributed by atoms with Gasteiger partial charge >= 0.3 is 5.97 Å². The number of carbonyl (C=O) groups is 2. The summed E-state index contributed by atoms with van der Waals surface area (Å²) in [6.45, 7) is 3.43. The van der Waals surface area contributed by atoms with E-state index in [-0.39, 0.29) is 17.2 Å². The van der Waals surface area contributed by atoms with E-state index in [9.17, 15) is 14.7 Å².